The van der Waals surface area contributed by atoms with E-state index in [1.807, 2.05) is 0 Å². The summed E-state index contributed by atoms with van der Waals surface area (Å²) < 4.78 is 0. The third kappa shape index (κ3) is 2.28. The van der Waals surface area contributed by atoms with Crippen LogP contribution in [0, 0.1) is 0 Å². The fraction of sp³-hybridized carbons (Fsp3) is 1.00. The number of rotatable bonds is 2. The zero-order valence-electron chi connectivity index (χ0n) is 5.29. The van der Waals surface area contributed by atoms with Gasteiger partial charge in [0.1, 0.15) is 0 Å². The summed E-state index contributed by atoms with van der Waals surface area (Å²) in [5, 5.41) is 1.62. The highest BCUT2D eigenvalue weighted by molar-refractivity contribution is 8.02. The maximum atomic E-state index is 4.25. The van der Waals surface area contributed by atoms with Gasteiger partial charge in [-0.1, -0.05) is 0 Å². The third-order valence-electron chi connectivity index (χ3n) is 1.60. The maximum absolute atomic E-state index is 4.25. The fourth-order valence-corrected chi connectivity index (χ4v) is 3.19. The summed E-state index contributed by atoms with van der Waals surface area (Å²) in [6.07, 6.45) is 2.69. The normalized spacial score (nSPS) is 35.3. The van der Waals surface area contributed by atoms with Crippen LogP contribution in [0.1, 0.15) is 12.8 Å². The molecule has 0 aromatic rings. The highest BCUT2D eigenvalue weighted by Gasteiger charge is 2.22. The topological polar surface area (TPSA) is 0 Å². The van der Waals surface area contributed by atoms with Crippen LogP contribution >= 0.6 is 37.0 Å². The quantitative estimate of drug-likeness (QED) is 0.614. The molecule has 2 unspecified atom stereocenters. The molecule has 1 aliphatic rings. The molecule has 1 rings (SSSR count). The minimum atomic E-state index is 0.811. The first-order chi connectivity index (χ1) is 4.36. The predicted octanol–water partition coefficient (Wildman–Crippen LogP) is 2.11. The van der Waals surface area contributed by atoms with Crippen LogP contribution < -0.4 is 0 Å². The number of hydrogen-bond acceptors (Lipinski definition) is 3. The molecule has 9 heavy (non-hydrogen) atoms. The Balaban J connectivity index is 2.20. The van der Waals surface area contributed by atoms with E-state index in [1.54, 1.807) is 0 Å². The summed E-state index contributed by atoms with van der Waals surface area (Å²) in [6.45, 7) is 0. The van der Waals surface area contributed by atoms with Gasteiger partial charge in [0, 0.05) is 22.0 Å². The molecule has 1 aliphatic heterocycles. The molecule has 0 N–H and O–H groups in total. The molecule has 0 aliphatic carbocycles. The zero-order valence-corrected chi connectivity index (χ0v) is 7.89. The second-order valence-corrected chi connectivity index (χ2v) is 4.66. The predicted molar refractivity (Wildman–Crippen MR) is 52.1 cm³/mol. The molecule has 0 aromatic carbocycles. The van der Waals surface area contributed by atoms with Gasteiger partial charge in [0.2, 0.25) is 0 Å². The Morgan fingerprint density at radius 2 is 1.56 bits per heavy atom. The van der Waals surface area contributed by atoms with Crippen molar-refractivity contribution in [1.82, 2.24) is 0 Å². The first-order valence-electron chi connectivity index (χ1n) is 3.24. The van der Waals surface area contributed by atoms with Crippen LogP contribution in [0.4, 0.5) is 0 Å². The second kappa shape index (κ2) is 4.04. The lowest BCUT2D eigenvalue weighted by Gasteiger charge is -2.04. The lowest BCUT2D eigenvalue weighted by Crippen LogP contribution is -1.99. The van der Waals surface area contributed by atoms with Crippen molar-refractivity contribution in [1.29, 1.82) is 0 Å². The van der Waals surface area contributed by atoms with E-state index in [-0.39, 0.29) is 0 Å². The summed E-state index contributed by atoms with van der Waals surface area (Å²) in [6, 6.07) is 0. The first-order valence-corrected chi connectivity index (χ1v) is 5.44. The molecule has 0 amide bonds. The van der Waals surface area contributed by atoms with Crippen LogP contribution in [0.25, 0.3) is 0 Å². The van der Waals surface area contributed by atoms with Gasteiger partial charge < -0.3 is 0 Å². The van der Waals surface area contributed by atoms with Crippen LogP contribution in [0.2, 0.25) is 0 Å². The standard InChI is InChI=1S/C6H12S3/c7-3-5-1-2-6(4-8)9-5/h5-8H,1-4H2. The fourth-order valence-electron chi connectivity index (χ4n) is 1.05. The van der Waals surface area contributed by atoms with Gasteiger partial charge in [-0.25, -0.2) is 0 Å². The molecule has 0 saturated carbocycles. The highest BCUT2D eigenvalue weighted by Crippen LogP contribution is 2.34. The van der Waals surface area contributed by atoms with E-state index in [0.717, 1.165) is 22.0 Å². The van der Waals surface area contributed by atoms with Crippen molar-refractivity contribution >= 4 is 37.0 Å². The van der Waals surface area contributed by atoms with E-state index in [0.29, 0.717) is 0 Å². The largest absolute Gasteiger partial charge is 0.178 e. The van der Waals surface area contributed by atoms with Gasteiger partial charge in [0.25, 0.3) is 0 Å². The van der Waals surface area contributed by atoms with Gasteiger partial charge in [-0.05, 0) is 12.8 Å². The van der Waals surface area contributed by atoms with E-state index < -0.39 is 0 Å². The Kier molecular flexibility index (Phi) is 3.66. The summed E-state index contributed by atoms with van der Waals surface area (Å²) >= 11 is 10.6. The molecule has 2 atom stereocenters. The van der Waals surface area contributed by atoms with Gasteiger partial charge in [-0.2, -0.15) is 37.0 Å². The summed E-state index contributed by atoms with van der Waals surface area (Å²) in [5.41, 5.74) is 0. The van der Waals surface area contributed by atoms with Crippen LogP contribution in [-0.2, 0) is 0 Å². The van der Waals surface area contributed by atoms with Crippen molar-refractivity contribution in [3.8, 4) is 0 Å². The third-order valence-corrected chi connectivity index (χ3v) is 4.55. The Bertz CT molecular complexity index is 74.4. The Morgan fingerprint density at radius 3 is 1.78 bits per heavy atom. The second-order valence-electron chi connectivity index (χ2n) is 2.32. The van der Waals surface area contributed by atoms with E-state index in [2.05, 4.69) is 37.0 Å². The lowest BCUT2D eigenvalue weighted by atomic mass is 10.2. The SMILES string of the molecule is SCC1CCC(CS)S1. The molecule has 0 radical (unpaired) electrons. The minimum Gasteiger partial charge on any atom is -0.178 e. The monoisotopic (exact) mass is 180 g/mol. The van der Waals surface area contributed by atoms with Gasteiger partial charge in [-0.3, -0.25) is 0 Å². The Hall–Kier alpha value is 1.05. The minimum absolute atomic E-state index is 0.811. The molecule has 0 spiro atoms. The first kappa shape index (κ1) is 8.15. The summed E-state index contributed by atoms with van der Waals surface area (Å²) in [4.78, 5) is 0. The average molecular weight is 180 g/mol. The van der Waals surface area contributed by atoms with E-state index >= 15 is 0 Å². The van der Waals surface area contributed by atoms with Crippen molar-refractivity contribution < 1.29 is 0 Å². The average Bonchev–Trinajstić information content (AvgIpc) is 2.34. The molecule has 0 aromatic heterocycles. The van der Waals surface area contributed by atoms with Crippen molar-refractivity contribution in [2.75, 3.05) is 11.5 Å². The van der Waals surface area contributed by atoms with Crippen molar-refractivity contribution in [3.05, 3.63) is 0 Å². The van der Waals surface area contributed by atoms with E-state index in [9.17, 15) is 0 Å². The molecule has 1 saturated heterocycles. The Labute approximate surface area is 72.0 Å². The molecular weight excluding hydrogens is 168 g/mol. The lowest BCUT2D eigenvalue weighted by molar-refractivity contribution is 0.787. The van der Waals surface area contributed by atoms with Gasteiger partial charge in [-0.15, -0.1) is 0 Å². The zero-order chi connectivity index (χ0) is 6.69. The molecule has 1 heterocycles. The number of thioether (sulfide) groups is 1. The summed E-state index contributed by atoms with van der Waals surface area (Å²) in [5.74, 6) is 2.07. The van der Waals surface area contributed by atoms with Crippen LogP contribution in [0.3, 0.4) is 0 Å². The molecule has 3 heteroatoms. The highest BCUT2D eigenvalue weighted by atomic mass is 32.2. The molecular formula is C6H12S3. The van der Waals surface area contributed by atoms with Crippen molar-refractivity contribution in [3.63, 3.8) is 0 Å². The van der Waals surface area contributed by atoms with Crippen LogP contribution in [0.5, 0.6) is 0 Å². The van der Waals surface area contributed by atoms with Crippen LogP contribution in [0.15, 0.2) is 0 Å². The molecule has 0 bridgehead atoms. The van der Waals surface area contributed by atoms with Gasteiger partial charge in [0.15, 0.2) is 0 Å². The van der Waals surface area contributed by atoms with E-state index in [4.69, 9.17) is 0 Å². The molecule has 54 valence electrons. The van der Waals surface area contributed by atoms with Crippen molar-refractivity contribution in [2.45, 2.75) is 23.3 Å². The van der Waals surface area contributed by atoms with E-state index in [1.165, 1.54) is 12.8 Å². The van der Waals surface area contributed by atoms with Gasteiger partial charge in [0.05, 0.1) is 0 Å². The smallest absolute Gasteiger partial charge is 0.0139 e. The number of thiol groups is 2. The molecule has 0 nitrogen and oxygen atoms in total. The maximum Gasteiger partial charge on any atom is 0.0139 e. The van der Waals surface area contributed by atoms with Crippen LogP contribution in [-0.4, -0.2) is 22.0 Å². The Morgan fingerprint density at radius 1 is 1.11 bits per heavy atom. The summed E-state index contributed by atoms with van der Waals surface area (Å²) in [7, 11) is 0. The molecule has 1 fully saturated rings. The number of hydrogen-bond donors (Lipinski definition) is 2. The van der Waals surface area contributed by atoms with Crippen molar-refractivity contribution in [2.24, 2.45) is 0 Å². The van der Waals surface area contributed by atoms with Gasteiger partial charge >= 0.3 is 0 Å².